The van der Waals surface area contributed by atoms with Gasteiger partial charge in [-0.25, -0.2) is 9.18 Å². The summed E-state index contributed by atoms with van der Waals surface area (Å²) < 4.78 is 18.3. The summed E-state index contributed by atoms with van der Waals surface area (Å²) in [5.74, 6) is 0.491. The van der Waals surface area contributed by atoms with Gasteiger partial charge in [-0.05, 0) is 49.6 Å². The van der Waals surface area contributed by atoms with Gasteiger partial charge in [-0.2, -0.15) is 0 Å². The Bertz CT molecular complexity index is 657. The third-order valence-electron chi connectivity index (χ3n) is 3.40. The minimum atomic E-state index is -0.295. The molecule has 0 aliphatic rings. The van der Waals surface area contributed by atoms with Crippen LogP contribution in [0.5, 0.6) is 5.75 Å². The van der Waals surface area contributed by atoms with Crippen LogP contribution in [0.15, 0.2) is 42.5 Å². The second-order valence-corrected chi connectivity index (χ2v) is 5.37. The maximum Gasteiger partial charge on any atom is 0.317 e. The fraction of sp³-hybridized carbons (Fsp3) is 0.278. The third-order valence-corrected chi connectivity index (χ3v) is 3.40. The van der Waals surface area contributed by atoms with Gasteiger partial charge in [-0.1, -0.05) is 29.8 Å². The van der Waals surface area contributed by atoms with Gasteiger partial charge in [0.1, 0.15) is 11.6 Å². The predicted octanol–water partition coefficient (Wildman–Crippen LogP) is 3.32. The highest BCUT2D eigenvalue weighted by atomic mass is 19.1. The average molecular weight is 316 g/mol. The van der Waals surface area contributed by atoms with Crippen molar-refractivity contribution in [2.75, 3.05) is 13.3 Å². The van der Waals surface area contributed by atoms with E-state index in [1.54, 1.807) is 12.1 Å². The summed E-state index contributed by atoms with van der Waals surface area (Å²) in [6, 6.07) is 11.8. The molecule has 122 valence electrons. The maximum absolute atomic E-state index is 12.8. The summed E-state index contributed by atoms with van der Waals surface area (Å²) in [5, 5.41) is 5.37. The number of nitrogens with one attached hydrogen (secondary N) is 2. The van der Waals surface area contributed by atoms with E-state index >= 15 is 0 Å². The van der Waals surface area contributed by atoms with Gasteiger partial charge in [-0.15, -0.1) is 0 Å². The van der Waals surface area contributed by atoms with Crippen molar-refractivity contribution in [1.82, 2.24) is 10.6 Å². The molecule has 4 nitrogen and oxygen atoms in total. The number of ether oxygens (including phenoxy) is 1. The molecule has 0 radical (unpaired) electrons. The minimum absolute atomic E-state index is 0.103. The van der Waals surface area contributed by atoms with Crippen LogP contribution in [0.1, 0.15) is 16.7 Å². The molecule has 0 atom stereocenters. The van der Waals surface area contributed by atoms with Crippen molar-refractivity contribution in [3.8, 4) is 5.75 Å². The molecule has 2 amide bonds. The monoisotopic (exact) mass is 316 g/mol. The van der Waals surface area contributed by atoms with Gasteiger partial charge in [0.25, 0.3) is 0 Å². The lowest BCUT2D eigenvalue weighted by Gasteiger charge is -2.11. The lowest BCUT2D eigenvalue weighted by molar-refractivity contribution is 0.224. The first-order valence-electron chi connectivity index (χ1n) is 7.51. The Hall–Kier alpha value is -2.56. The number of hydrogen-bond acceptors (Lipinski definition) is 2. The molecule has 0 unspecified atom stereocenters. The number of rotatable bonds is 6. The van der Waals surface area contributed by atoms with Crippen molar-refractivity contribution in [2.24, 2.45) is 0 Å². The molecule has 0 aromatic heterocycles. The van der Waals surface area contributed by atoms with Crippen LogP contribution in [0.3, 0.4) is 0 Å². The normalized spacial score (nSPS) is 10.2. The van der Waals surface area contributed by atoms with Crippen molar-refractivity contribution in [3.05, 3.63) is 65.0 Å². The first-order valence-corrected chi connectivity index (χ1v) is 7.51. The first-order chi connectivity index (χ1) is 11.0. The van der Waals surface area contributed by atoms with Gasteiger partial charge in [0, 0.05) is 6.54 Å². The number of halogens is 1. The number of carbonyl (C=O) groups is 1. The van der Waals surface area contributed by atoms with Gasteiger partial charge in [-0.3, -0.25) is 0 Å². The van der Waals surface area contributed by atoms with Crippen molar-refractivity contribution in [1.29, 1.82) is 0 Å². The molecule has 0 aliphatic heterocycles. The molecular weight excluding hydrogens is 295 g/mol. The molecular formula is C18H21FN2O2. The molecule has 0 saturated carbocycles. The Morgan fingerprint density at radius 1 is 1.09 bits per heavy atom. The molecule has 0 heterocycles. The predicted molar refractivity (Wildman–Crippen MR) is 88.0 cm³/mol. The molecule has 2 aromatic rings. The van der Waals surface area contributed by atoms with Crippen LogP contribution in [-0.2, 0) is 6.42 Å². The van der Waals surface area contributed by atoms with Crippen molar-refractivity contribution in [2.45, 2.75) is 20.3 Å². The Morgan fingerprint density at radius 3 is 2.52 bits per heavy atom. The number of aryl methyl sites for hydroxylation is 2. The standard InChI is InChI=1S/C18H21FN2O2/c1-13-3-8-17(14(2)11-13)23-12-21-18(22)20-10-9-15-4-6-16(19)7-5-15/h3-8,11H,9-10,12H2,1-2H3,(H2,20,21,22). The van der Waals surface area contributed by atoms with Crippen LogP contribution in [-0.4, -0.2) is 19.3 Å². The lowest BCUT2D eigenvalue weighted by Crippen LogP contribution is -2.38. The van der Waals surface area contributed by atoms with Crippen molar-refractivity contribution in [3.63, 3.8) is 0 Å². The molecule has 0 bridgehead atoms. The van der Waals surface area contributed by atoms with Crippen molar-refractivity contribution >= 4 is 6.03 Å². The van der Waals surface area contributed by atoms with E-state index in [1.807, 2.05) is 32.0 Å². The summed E-state index contributed by atoms with van der Waals surface area (Å²) in [5.41, 5.74) is 3.17. The van der Waals surface area contributed by atoms with E-state index in [0.717, 1.165) is 16.9 Å². The summed E-state index contributed by atoms with van der Waals surface area (Å²) in [6.07, 6.45) is 0.644. The summed E-state index contributed by atoms with van der Waals surface area (Å²) >= 11 is 0. The van der Waals surface area contributed by atoms with Crippen LogP contribution >= 0.6 is 0 Å². The van der Waals surface area contributed by atoms with Gasteiger partial charge in [0.05, 0.1) is 0 Å². The lowest BCUT2D eigenvalue weighted by atomic mass is 10.1. The highest BCUT2D eigenvalue weighted by Gasteiger charge is 2.02. The fourth-order valence-corrected chi connectivity index (χ4v) is 2.17. The third kappa shape index (κ3) is 5.62. The highest BCUT2D eigenvalue weighted by molar-refractivity contribution is 5.73. The van der Waals surface area contributed by atoms with Gasteiger partial charge in [0.15, 0.2) is 6.73 Å². The van der Waals surface area contributed by atoms with Crippen LogP contribution in [0, 0.1) is 19.7 Å². The average Bonchev–Trinajstić information content (AvgIpc) is 2.51. The molecule has 5 heteroatoms. The molecule has 0 aliphatic carbocycles. The Kier molecular flexibility index (Phi) is 5.97. The molecule has 2 N–H and O–H groups in total. The number of amides is 2. The van der Waals surface area contributed by atoms with Gasteiger partial charge in [0.2, 0.25) is 0 Å². The molecule has 0 fully saturated rings. The van der Waals surface area contributed by atoms with E-state index in [9.17, 15) is 9.18 Å². The molecule has 0 spiro atoms. The first kappa shape index (κ1) is 16.8. The number of urea groups is 1. The van der Waals surface area contributed by atoms with Gasteiger partial charge < -0.3 is 15.4 Å². The second-order valence-electron chi connectivity index (χ2n) is 5.37. The number of hydrogen-bond donors (Lipinski definition) is 2. The van der Waals surface area contributed by atoms with E-state index in [-0.39, 0.29) is 18.6 Å². The minimum Gasteiger partial charge on any atom is -0.473 e. The van der Waals surface area contributed by atoms with E-state index < -0.39 is 0 Å². The smallest absolute Gasteiger partial charge is 0.317 e. The zero-order valence-corrected chi connectivity index (χ0v) is 13.4. The van der Waals surface area contributed by atoms with Crippen LogP contribution < -0.4 is 15.4 Å². The van der Waals surface area contributed by atoms with E-state index in [0.29, 0.717) is 13.0 Å². The molecule has 0 saturated heterocycles. The Labute approximate surface area is 135 Å². The summed E-state index contributed by atoms with van der Waals surface area (Å²) in [4.78, 5) is 11.7. The number of carbonyl (C=O) groups excluding carboxylic acids is 1. The van der Waals surface area contributed by atoms with Crippen LogP contribution in [0.25, 0.3) is 0 Å². The fourth-order valence-electron chi connectivity index (χ4n) is 2.17. The van der Waals surface area contributed by atoms with E-state index in [2.05, 4.69) is 10.6 Å². The van der Waals surface area contributed by atoms with Crippen molar-refractivity contribution < 1.29 is 13.9 Å². The largest absolute Gasteiger partial charge is 0.473 e. The maximum atomic E-state index is 12.8. The SMILES string of the molecule is Cc1ccc(OCNC(=O)NCCc2ccc(F)cc2)c(C)c1. The molecule has 2 aromatic carbocycles. The highest BCUT2D eigenvalue weighted by Crippen LogP contribution is 2.18. The summed E-state index contributed by atoms with van der Waals surface area (Å²) in [7, 11) is 0. The van der Waals surface area contributed by atoms with Crippen LogP contribution in [0.2, 0.25) is 0 Å². The quantitative estimate of drug-likeness (QED) is 0.803. The Balaban J connectivity index is 1.66. The second kappa shape index (κ2) is 8.17. The summed E-state index contributed by atoms with van der Waals surface area (Å²) in [6.45, 7) is 4.56. The molecule has 2 rings (SSSR count). The zero-order chi connectivity index (χ0) is 16.7. The van der Waals surface area contributed by atoms with E-state index in [4.69, 9.17) is 4.74 Å². The number of benzene rings is 2. The van der Waals surface area contributed by atoms with Crippen LogP contribution in [0.4, 0.5) is 9.18 Å². The molecule has 23 heavy (non-hydrogen) atoms. The topological polar surface area (TPSA) is 50.4 Å². The zero-order valence-electron chi connectivity index (χ0n) is 13.4. The van der Waals surface area contributed by atoms with Gasteiger partial charge >= 0.3 is 6.03 Å². The Morgan fingerprint density at radius 2 is 1.83 bits per heavy atom. The van der Waals surface area contributed by atoms with E-state index in [1.165, 1.54) is 17.7 Å².